The maximum absolute atomic E-state index is 6.52. The lowest BCUT2D eigenvalue weighted by molar-refractivity contribution is 0.222. The fourth-order valence-corrected chi connectivity index (χ4v) is 3.16. The van der Waals surface area contributed by atoms with E-state index >= 15 is 0 Å². The maximum Gasteiger partial charge on any atom is 0.127 e. The van der Waals surface area contributed by atoms with E-state index in [1.165, 1.54) is 37.7 Å². The van der Waals surface area contributed by atoms with E-state index in [9.17, 15) is 0 Å². The summed E-state index contributed by atoms with van der Waals surface area (Å²) in [6, 6.07) is 4.34. The predicted molar refractivity (Wildman–Crippen MR) is 76.7 cm³/mol. The third kappa shape index (κ3) is 2.37. The van der Waals surface area contributed by atoms with Gasteiger partial charge >= 0.3 is 0 Å². The molecule has 0 amide bonds. The van der Waals surface area contributed by atoms with Crippen molar-refractivity contribution >= 4 is 5.82 Å². The molecule has 1 aliphatic rings. The van der Waals surface area contributed by atoms with E-state index in [2.05, 4.69) is 24.0 Å². The van der Waals surface area contributed by atoms with Crippen LogP contribution in [0.3, 0.4) is 0 Å². The molecule has 0 aromatic carbocycles. The Hall–Kier alpha value is -1.09. The van der Waals surface area contributed by atoms with Gasteiger partial charge in [0.1, 0.15) is 5.82 Å². The molecule has 3 nitrogen and oxygen atoms in total. The monoisotopic (exact) mass is 247 g/mol. The van der Waals surface area contributed by atoms with Gasteiger partial charge in [0.2, 0.25) is 0 Å². The standard InChI is InChI=1S/C15H25N3/c1-4-15(9-5-6-10-15)14(16)12-7-8-13(17-11-12)18(2)3/h7-8,11,14H,4-6,9-10,16H2,1-3H3. The Labute approximate surface area is 110 Å². The number of rotatable bonds is 4. The summed E-state index contributed by atoms with van der Waals surface area (Å²) < 4.78 is 0. The molecule has 0 bridgehead atoms. The van der Waals surface area contributed by atoms with Crippen molar-refractivity contribution in [3.63, 3.8) is 0 Å². The smallest absolute Gasteiger partial charge is 0.127 e. The van der Waals surface area contributed by atoms with E-state index in [-0.39, 0.29) is 6.04 Å². The van der Waals surface area contributed by atoms with Crippen molar-refractivity contribution in [2.24, 2.45) is 11.1 Å². The van der Waals surface area contributed by atoms with Crippen LogP contribution in [0.15, 0.2) is 18.3 Å². The Morgan fingerprint density at radius 1 is 1.33 bits per heavy atom. The molecule has 1 aliphatic carbocycles. The second-order valence-corrected chi connectivity index (χ2v) is 5.74. The first-order chi connectivity index (χ1) is 8.59. The Morgan fingerprint density at radius 2 is 2.00 bits per heavy atom. The van der Waals surface area contributed by atoms with Crippen LogP contribution < -0.4 is 10.6 Å². The van der Waals surface area contributed by atoms with Crippen molar-refractivity contribution < 1.29 is 0 Å². The molecule has 2 rings (SSSR count). The largest absolute Gasteiger partial charge is 0.363 e. The summed E-state index contributed by atoms with van der Waals surface area (Å²) >= 11 is 0. The number of pyridine rings is 1. The van der Waals surface area contributed by atoms with Crippen molar-refractivity contribution in [2.45, 2.75) is 45.1 Å². The van der Waals surface area contributed by atoms with Gasteiger partial charge < -0.3 is 10.6 Å². The van der Waals surface area contributed by atoms with Crippen molar-refractivity contribution in [3.8, 4) is 0 Å². The Morgan fingerprint density at radius 3 is 2.44 bits per heavy atom. The summed E-state index contributed by atoms with van der Waals surface area (Å²) in [6.07, 6.45) is 8.30. The first kappa shape index (κ1) is 13.3. The molecule has 2 N–H and O–H groups in total. The molecule has 0 spiro atoms. The zero-order valence-electron chi connectivity index (χ0n) is 11.8. The van der Waals surface area contributed by atoms with E-state index in [1.807, 2.05) is 25.2 Å². The average Bonchev–Trinajstić information content (AvgIpc) is 2.88. The summed E-state index contributed by atoms with van der Waals surface area (Å²) in [4.78, 5) is 6.50. The average molecular weight is 247 g/mol. The molecule has 1 unspecified atom stereocenters. The highest BCUT2D eigenvalue weighted by atomic mass is 15.1. The van der Waals surface area contributed by atoms with E-state index < -0.39 is 0 Å². The zero-order valence-corrected chi connectivity index (χ0v) is 11.8. The van der Waals surface area contributed by atoms with E-state index in [0.29, 0.717) is 5.41 Å². The van der Waals surface area contributed by atoms with Crippen molar-refractivity contribution in [3.05, 3.63) is 23.9 Å². The van der Waals surface area contributed by atoms with E-state index in [0.717, 1.165) is 5.82 Å². The van der Waals surface area contributed by atoms with E-state index in [4.69, 9.17) is 5.73 Å². The van der Waals surface area contributed by atoms with Crippen LogP contribution in [0.2, 0.25) is 0 Å². The number of nitrogens with zero attached hydrogens (tertiary/aromatic N) is 2. The third-order valence-corrected chi connectivity index (χ3v) is 4.55. The maximum atomic E-state index is 6.52. The SMILES string of the molecule is CCC1(C(N)c2ccc(N(C)C)nc2)CCCC1. The van der Waals surface area contributed by atoms with Crippen molar-refractivity contribution in [1.82, 2.24) is 4.98 Å². The Kier molecular flexibility index (Phi) is 3.91. The molecule has 1 saturated carbocycles. The third-order valence-electron chi connectivity index (χ3n) is 4.55. The fourth-order valence-electron chi connectivity index (χ4n) is 3.16. The van der Waals surface area contributed by atoms with Crippen LogP contribution >= 0.6 is 0 Å². The van der Waals surface area contributed by atoms with Gasteiger partial charge in [0.15, 0.2) is 0 Å². The quantitative estimate of drug-likeness (QED) is 0.889. The summed E-state index contributed by atoms with van der Waals surface area (Å²) in [5.41, 5.74) is 8.01. The van der Waals surface area contributed by atoms with Crippen LogP contribution in [0.5, 0.6) is 0 Å². The summed E-state index contributed by atoms with van der Waals surface area (Å²) in [5.74, 6) is 0.989. The van der Waals surface area contributed by atoms with Gasteiger partial charge in [0.25, 0.3) is 0 Å². The normalized spacial score (nSPS) is 19.8. The molecule has 1 aromatic heterocycles. The summed E-state index contributed by atoms with van der Waals surface area (Å²) in [7, 11) is 4.01. The highest BCUT2D eigenvalue weighted by Crippen LogP contribution is 2.48. The number of hydrogen-bond donors (Lipinski definition) is 1. The highest BCUT2D eigenvalue weighted by molar-refractivity contribution is 5.38. The van der Waals surface area contributed by atoms with Gasteiger partial charge in [-0.05, 0) is 36.3 Å². The number of anilines is 1. The molecule has 0 saturated heterocycles. The minimum Gasteiger partial charge on any atom is -0.363 e. The van der Waals surface area contributed by atoms with Crippen molar-refractivity contribution in [1.29, 1.82) is 0 Å². The molecular formula is C15H25N3. The van der Waals surface area contributed by atoms with Gasteiger partial charge in [-0.15, -0.1) is 0 Å². The molecule has 0 radical (unpaired) electrons. The van der Waals surface area contributed by atoms with Gasteiger partial charge in [-0.1, -0.05) is 25.8 Å². The Bertz CT molecular complexity index is 377. The lowest BCUT2D eigenvalue weighted by Gasteiger charge is -2.34. The molecule has 1 atom stereocenters. The van der Waals surface area contributed by atoms with Crippen molar-refractivity contribution in [2.75, 3.05) is 19.0 Å². The first-order valence-electron chi connectivity index (χ1n) is 6.98. The van der Waals surface area contributed by atoms with E-state index in [1.54, 1.807) is 0 Å². The zero-order chi connectivity index (χ0) is 13.2. The second kappa shape index (κ2) is 5.27. The lowest BCUT2D eigenvalue weighted by atomic mass is 9.74. The topological polar surface area (TPSA) is 42.1 Å². The molecule has 1 fully saturated rings. The Balaban J connectivity index is 2.20. The molecule has 1 heterocycles. The van der Waals surface area contributed by atoms with Crippen LogP contribution in [0, 0.1) is 5.41 Å². The minimum absolute atomic E-state index is 0.133. The summed E-state index contributed by atoms with van der Waals surface area (Å²) in [6.45, 7) is 2.27. The fraction of sp³-hybridized carbons (Fsp3) is 0.667. The number of hydrogen-bond acceptors (Lipinski definition) is 3. The molecule has 1 aromatic rings. The van der Waals surface area contributed by atoms with Crippen LogP contribution in [-0.4, -0.2) is 19.1 Å². The first-order valence-corrected chi connectivity index (χ1v) is 6.98. The van der Waals surface area contributed by atoms with Gasteiger partial charge in [-0.3, -0.25) is 0 Å². The molecule has 18 heavy (non-hydrogen) atoms. The number of nitrogens with two attached hydrogens (primary N) is 1. The van der Waals surface area contributed by atoms with Crippen LogP contribution in [0.4, 0.5) is 5.82 Å². The predicted octanol–water partition coefficient (Wildman–Crippen LogP) is 3.12. The van der Waals surface area contributed by atoms with Crippen LogP contribution in [0.1, 0.15) is 50.6 Å². The summed E-state index contributed by atoms with van der Waals surface area (Å²) in [5, 5.41) is 0. The van der Waals surface area contributed by atoms with Gasteiger partial charge in [0, 0.05) is 26.3 Å². The van der Waals surface area contributed by atoms with Crippen LogP contribution in [0.25, 0.3) is 0 Å². The van der Waals surface area contributed by atoms with Gasteiger partial charge in [-0.2, -0.15) is 0 Å². The molecule has 100 valence electrons. The second-order valence-electron chi connectivity index (χ2n) is 5.74. The molecular weight excluding hydrogens is 222 g/mol. The number of aromatic nitrogens is 1. The lowest BCUT2D eigenvalue weighted by Crippen LogP contribution is -2.31. The van der Waals surface area contributed by atoms with Gasteiger partial charge in [0.05, 0.1) is 0 Å². The highest BCUT2D eigenvalue weighted by Gasteiger charge is 2.38. The minimum atomic E-state index is 0.133. The molecule has 3 heteroatoms. The van der Waals surface area contributed by atoms with Crippen LogP contribution in [-0.2, 0) is 0 Å². The van der Waals surface area contributed by atoms with Gasteiger partial charge in [-0.25, -0.2) is 4.98 Å². The molecule has 0 aliphatic heterocycles.